The van der Waals surface area contributed by atoms with Crippen LogP contribution in [0.4, 0.5) is 0 Å². The van der Waals surface area contributed by atoms with Gasteiger partial charge in [0.05, 0.1) is 12.7 Å². The molecule has 0 aliphatic heterocycles. The SMILES string of the molecule is Cc1cnn(CC(N)c2ccc(C(C)C)cc2)c1. The van der Waals surface area contributed by atoms with Crippen LogP contribution in [0.1, 0.15) is 42.5 Å². The molecule has 0 aliphatic rings. The first-order valence-corrected chi connectivity index (χ1v) is 6.40. The van der Waals surface area contributed by atoms with Gasteiger partial charge in [-0.05, 0) is 29.5 Å². The maximum absolute atomic E-state index is 6.20. The fourth-order valence-electron chi connectivity index (χ4n) is 2.00. The maximum atomic E-state index is 6.20. The molecule has 96 valence electrons. The second kappa shape index (κ2) is 5.36. The van der Waals surface area contributed by atoms with E-state index in [1.54, 1.807) is 0 Å². The van der Waals surface area contributed by atoms with Gasteiger partial charge in [0.2, 0.25) is 0 Å². The molecular formula is C15H21N3. The predicted octanol–water partition coefficient (Wildman–Crippen LogP) is 3.01. The average molecular weight is 243 g/mol. The number of hydrogen-bond acceptors (Lipinski definition) is 2. The topological polar surface area (TPSA) is 43.8 Å². The normalized spacial score (nSPS) is 12.9. The minimum atomic E-state index is -0.00878. The summed E-state index contributed by atoms with van der Waals surface area (Å²) in [5.74, 6) is 0.559. The van der Waals surface area contributed by atoms with Gasteiger partial charge >= 0.3 is 0 Å². The van der Waals surface area contributed by atoms with Crippen LogP contribution in [0.3, 0.4) is 0 Å². The molecule has 1 aromatic heterocycles. The summed E-state index contributed by atoms with van der Waals surface area (Å²) >= 11 is 0. The van der Waals surface area contributed by atoms with E-state index in [-0.39, 0.29) is 6.04 Å². The Bertz CT molecular complexity index is 497. The van der Waals surface area contributed by atoms with E-state index in [2.05, 4.69) is 43.2 Å². The molecule has 0 bridgehead atoms. The van der Waals surface area contributed by atoms with Crippen molar-refractivity contribution in [3.63, 3.8) is 0 Å². The van der Waals surface area contributed by atoms with Gasteiger partial charge in [0.25, 0.3) is 0 Å². The Balaban J connectivity index is 2.06. The highest BCUT2D eigenvalue weighted by atomic mass is 15.3. The highest BCUT2D eigenvalue weighted by molar-refractivity contribution is 5.26. The molecule has 2 N–H and O–H groups in total. The van der Waals surface area contributed by atoms with Crippen LogP contribution >= 0.6 is 0 Å². The van der Waals surface area contributed by atoms with Crippen molar-refractivity contribution < 1.29 is 0 Å². The summed E-state index contributed by atoms with van der Waals surface area (Å²) in [6, 6.07) is 8.56. The van der Waals surface area contributed by atoms with Crippen LogP contribution in [0.5, 0.6) is 0 Å². The molecule has 18 heavy (non-hydrogen) atoms. The van der Waals surface area contributed by atoms with Crippen LogP contribution in [0.15, 0.2) is 36.7 Å². The Kier molecular flexibility index (Phi) is 3.82. The van der Waals surface area contributed by atoms with Crippen LogP contribution in [0.25, 0.3) is 0 Å². The highest BCUT2D eigenvalue weighted by Gasteiger charge is 2.08. The van der Waals surface area contributed by atoms with Crippen LogP contribution in [-0.4, -0.2) is 9.78 Å². The monoisotopic (exact) mass is 243 g/mol. The fraction of sp³-hybridized carbons (Fsp3) is 0.400. The number of aromatic nitrogens is 2. The van der Waals surface area contributed by atoms with Gasteiger partial charge in [0.15, 0.2) is 0 Å². The summed E-state index contributed by atoms with van der Waals surface area (Å²) in [4.78, 5) is 0. The van der Waals surface area contributed by atoms with Gasteiger partial charge in [-0.15, -0.1) is 0 Å². The minimum absolute atomic E-state index is 0.00878. The Labute approximate surface area is 109 Å². The van der Waals surface area contributed by atoms with Crippen LogP contribution in [0, 0.1) is 6.92 Å². The fourth-order valence-corrected chi connectivity index (χ4v) is 2.00. The Morgan fingerprint density at radius 1 is 1.17 bits per heavy atom. The van der Waals surface area contributed by atoms with Crippen LogP contribution in [0.2, 0.25) is 0 Å². The molecule has 1 heterocycles. The predicted molar refractivity (Wildman–Crippen MR) is 74.4 cm³/mol. The molecule has 0 radical (unpaired) electrons. The third kappa shape index (κ3) is 2.99. The molecule has 1 atom stereocenters. The van der Waals surface area contributed by atoms with Gasteiger partial charge in [0.1, 0.15) is 0 Å². The number of hydrogen-bond donors (Lipinski definition) is 1. The van der Waals surface area contributed by atoms with Crippen molar-refractivity contribution in [3.05, 3.63) is 53.3 Å². The molecular weight excluding hydrogens is 222 g/mol. The lowest BCUT2D eigenvalue weighted by Crippen LogP contribution is -2.17. The minimum Gasteiger partial charge on any atom is -0.322 e. The van der Waals surface area contributed by atoms with Crippen molar-refractivity contribution in [2.45, 2.75) is 39.3 Å². The van der Waals surface area contributed by atoms with Crippen LogP contribution in [-0.2, 0) is 6.54 Å². The van der Waals surface area contributed by atoms with Gasteiger partial charge in [-0.1, -0.05) is 38.1 Å². The molecule has 1 unspecified atom stereocenters. The lowest BCUT2D eigenvalue weighted by molar-refractivity contribution is 0.527. The van der Waals surface area contributed by atoms with Gasteiger partial charge in [0, 0.05) is 12.2 Å². The van der Waals surface area contributed by atoms with Crippen molar-refractivity contribution >= 4 is 0 Å². The molecule has 0 saturated heterocycles. The van der Waals surface area contributed by atoms with Gasteiger partial charge in [-0.2, -0.15) is 5.10 Å². The second-order valence-corrected chi connectivity index (χ2v) is 5.17. The van der Waals surface area contributed by atoms with E-state index in [1.807, 2.05) is 24.0 Å². The Hall–Kier alpha value is -1.61. The molecule has 3 nitrogen and oxygen atoms in total. The summed E-state index contributed by atoms with van der Waals surface area (Å²) in [5.41, 5.74) is 9.87. The second-order valence-electron chi connectivity index (χ2n) is 5.17. The van der Waals surface area contributed by atoms with Crippen molar-refractivity contribution in [2.24, 2.45) is 5.73 Å². The standard InChI is InChI=1S/C15H21N3/c1-11(2)13-4-6-14(7-5-13)15(16)10-18-9-12(3)8-17-18/h4-9,11,15H,10,16H2,1-3H3. The first kappa shape index (κ1) is 12.8. The summed E-state index contributed by atoms with van der Waals surface area (Å²) < 4.78 is 1.90. The van der Waals surface area contributed by atoms with E-state index in [4.69, 9.17) is 5.73 Å². The largest absolute Gasteiger partial charge is 0.322 e. The maximum Gasteiger partial charge on any atom is 0.0602 e. The molecule has 2 rings (SSSR count). The molecule has 0 aliphatic carbocycles. The van der Waals surface area contributed by atoms with E-state index in [0.29, 0.717) is 5.92 Å². The van der Waals surface area contributed by atoms with E-state index < -0.39 is 0 Å². The van der Waals surface area contributed by atoms with Crippen molar-refractivity contribution in [3.8, 4) is 0 Å². The molecule has 0 saturated carbocycles. The van der Waals surface area contributed by atoms with E-state index in [0.717, 1.165) is 17.7 Å². The molecule has 0 fully saturated rings. The summed E-state index contributed by atoms with van der Waals surface area (Å²) in [7, 11) is 0. The van der Waals surface area contributed by atoms with Crippen molar-refractivity contribution in [1.29, 1.82) is 0 Å². The van der Waals surface area contributed by atoms with Gasteiger partial charge < -0.3 is 5.73 Å². The third-order valence-corrected chi connectivity index (χ3v) is 3.18. The number of aryl methyl sites for hydroxylation is 1. The smallest absolute Gasteiger partial charge is 0.0602 e. The number of rotatable bonds is 4. The molecule has 3 heteroatoms. The molecule has 0 spiro atoms. The highest BCUT2D eigenvalue weighted by Crippen LogP contribution is 2.18. The lowest BCUT2D eigenvalue weighted by Gasteiger charge is -2.13. The molecule has 1 aromatic carbocycles. The molecule has 2 aromatic rings. The van der Waals surface area contributed by atoms with E-state index in [1.165, 1.54) is 5.56 Å². The third-order valence-electron chi connectivity index (χ3n) is 3.18. The number of nitrogens with zero attached hydrogens (tertiary/aromatic N) is 2. The van der Waals surface area contributed by atoms with Crippen molar-refractivity contribution in [2.75, 3.05) is 0 Å². The first-order chi connectivity index (χ1) is 8.56. The summed E-state index contributed by atoms with van der Waals surface area (Å²) in [6.07, 6.45) is 3.87. The number of benzene rings is 1. The van der Waals surface area contributed by atoms with Crippen molar-refractivity contribution in [1.82, 2.24) is 9.78 Å². The zero-order valence-corrected chi connectivity index (χ0v) is 11.3. The van der Waals surface area contributed by atoms with E-state index >= 15 is 0 Å². The summed E-state index contributed by atoms with van der Waals surface area (Å²) in [5, 5.41) is 4.26. The quantitative estimate of drug-likeness (QED) is 0.897. The Morgan fingerprint density at radius 3 is 2.28 bits per heavy atom. The number of nitrogens with two attached hydrogens (primary N) is 1. The summed E-state index contributed by atoms with van der Waals surface area (Å²) in [6.45, 7) is 7.14. The van der Waals surface area contributed by atoms with E-state index in [9.17, 15) is 0 Å². The first-order valence-electron chi connectivity index (χ1n) is 6.40. The average Bonchev–Trinajstić information content (AvgIpc) is 2.75. The Morgan fingerprint density at radius 2 is 1.78 bits per heavy atom. The van der Waals surface area contributed by atoms with Gasteiger partial charge in [-0.3, -0.25) is 4.68 Å². The van der Waals surface area contributed by atoms with Crippen LogP contribution < -0.4 is 5.73 Å². The molecule has 0 amide bonds. The zero-order chi connectivity index (χ0) is 13.1. The zero-order valence-electron chi connectivity index (χ0n) is 11.3. The van der Waals surface area contributed by atoms with Gasteiger partial charge in [-0.25, -0.2) is 0 Å². The lowest BCUT2D eigenvalue weighted by atomic mass is 9.99.